The van der Waals surface area contributed by atoms with Crippen molar-refractivity contribution in [2.45, 2.75) is 18.9 Å². The first-order chi connectivity index (χ1) is 8.65. The molecule has 0 radical (unpaired) electrons. The maximum absolute atomic E-state index is 12.3. The van der Waals surface area contributed by atoms with Crippen LogP contribution in [0.1, 0.15) is 23.2 Å². The number of anilines is 1. The highest BCUT2D eigenvalue weighted by molar-refractivity contribution is 6.00. The SMILES string of the molecule is COC(=O)C1CCCN1C(=O)c1cccnc1N. The maximum Gasteiger partial charge on any atom is 0.328 e. The van der Waals surface area contributed by atoms with Crippen LogP contribution in [0.15, 0.2) is 18.3 Å². The molecule has 1 atom stereocenters. The van der Waals surface area contributed by atoms with Crippen LogP contribution in [0.4, 0.5) is 5.82 Å². The van der Waals surface area contributed by atoms with E-state index in [2.05, 4.69) is 4.98 Å². The van der Waals surface area contributed by atoms with Gasteiger partial charge in [-0.3, -0.25) is 4.79 Å². The molecule has 0 spiro atoms. The largest absolute Gasteiger partial charge is 0.467 e. The number of esters is 1. The average molecular weight is 249 g/mol. The lowest BCUT2D eigenvalue weighted by molar-refractivity contribution is -0.145. The lowest BCUT2D eigenvalue weighted by Gasteiger charge is -2.22. The molecule has 0 bridgehead atoms. The number of pyridine rings is 1. The number of hydrogen-bond acceptors (Lipinski definition) is 5. The Morgan fingerprint density at radius 3 is 3.00 bits per heavy atom. The Morgan fingerprint density at radius 1 is 1.56 bits per heavy atom. The number of rotatable bonds is 2. The van der Waals surface area contributed by atoms with Crippen molar-refractivity contribution in [3.05, 3.63) is 23.9 Å². The zero-order valence-electron chi connectivity index (χ0n) is 10.1. The first-order valence-corrected chi connectivity index (χ1v) is 5.74. The number of methoxy groups -OCH3 is 1. The molecule has 1 aromatic heterocycles. The second-order valence-electron chi connectivity index (χ2n) is 4.12. The van der Waals surface area contributed by atoms with E-state index in [4.69, 9.17) is 10.5 Å². The van der Waals surface area contributed by atoms with Crippen LogP contribution in [0.2, 0.25) is 0 Å². The highest BCUT2D eigenvalue weighted by Crippen LogP contribution is 2.22. The third kappa shape index (κ3) is 2.13. The monoisotopic (exact) mass is 249 g/mol. The number of carbonyl (C=O) groups is 2. The second kappa shape index (κ2) is 5.03. The summed E-state index contributed by atoms with van der Waals surface area (Å²) in [5.74, 6) is -0.477. The van der Waals surface area contributed by atoms with Crippen molar-refractivity contribution in [3.63, 3.8) is 0 Å². The van der Waals surface area contributed by atoms with Crippen molar-refractivity contribution in [1.29, 1.82) is 0 Å². The smallest absolute Gasteiger partial charge is 0.328 e. The predicted molar refractivity (Wildman–Crippen MR) is 64.7 cm³/mol. The Balaban J connectivity index is 2.23. The number of carbonyl (C=O) groups excluding carboxylic acids is 2. The molecular formula is C12H15N3O3. The molecule has 6 nitrogen and oxygen atoms in total. The van der Waals surface area contributed by atoms with Crippen LogP contribution in [0.3, 0.4) is 0 Å². The molecular weight excluding hydrogens is 234 g/mol. The molecule has 1 aliphatic heterocycles. The predicted octanol–water partition coefficient (Wildman–Crippen LogP) is 0.441. The van der Waals surface area contributed by atoms with Gasteiger partial charge in [-0.15, -0.1) is 0 Å². The van der Waals surface area contributed by atoms with E-state index in [-0.39, 0.29) is 17.7 Å². The zero-order chi connectivity index (χ0) is 13.1. The molecule has 1 unspecified atom stereocenters. The lowest BCUT2D eigenvalue weighted by Crippen LogP contribution is -2.41. The van der Waals surface area contributed by atoms with Gasteiger partial charge in [-0.2, -0.15) is 0 Å². The van der Waals surface area contributed by atoms with Gasteiger partial charge < -0.3 is 15.4 Å². The quantitative estimate of drug-likeness (QED) is 0.769. The molecule has 0 aromatic carbocycles. The Morgan fingerprint density at radius 2 is 2.33 bits per heavy atom. The summed E-state index contributed by atoms with van der Waals surface area (Å²) in [5.41, 5.74) is 6.00. The third-order valence-electron chi connectivity index (χ3n) is 3.06. The van der Waals surface area contributed by atoms with Gasteiger partial charge in [-0.1, -0.05) is 0 Å². The van der Waals surface area contributed by atoms with Gasteiger partial charge in [0.15, 0.2) is 0 Å². The Bertz CT molecular complexity index is 475. The summed E-state index contributed by atoms with van der Waals surface area (Å²) in [6, 6.07) is 2.74. The summed E-state index contributed by atoms with van der Waals surface area (Å²) in [5, 5.41) is 0. The molecule has 1 aromatic rings. The fraction of sp³-hybridized carbons (Fsp3) is 0.417. The number of likely N-dealkylation sites (tertiary alicyclic amines) is 1. The van der Waals surface area contributed by atoms with Crippen molar-refractivity contribution in [2.75, 3.05) is 19.4 Å². The van der Waals surface area contributed by atoms with Gasteiger partial charge in [0, 0.05) is 12.7 Å². The number of nitrogen functional groups attached to an aromatic ring is 1. The van der Waals surface area contributed by atoms with Gasteiger partial charge in [-0.25, -0.2) is 9.78 Å². The fourth-order valence-electron chi connectivity index (χ4n) is 2.14. The summed E-state index contributed by atoms with van der Waals surface area (Å²) in [7, 11) is 1.32. The Hall–Kier alpha value is -2.11. The number of hydrogen-bond donors (Lipinski definition) is 1. The van der Waals surface area contributed by atoms with Crippen molar-refractivity contribution in [1.82, 2.24) is 9.88 Å². The highest BCUT2D eigenvalue weighted by atomic mass is 16.5. The first kappa shape index (κ1) is 12.3. The van der Waals surface area contributed by atoms with Gasteiger partial charge in [-0.05, 0) is 25.0 Å². The van der Waals surface area contributed by atoms with Crippen molar-refractivity contribution < 1.29 is 14.3 Å². The molecule has 0 aliphatic carbocycles. The standard InChI is InChI=1S/C12H15N3O3/c1-18-12(17)9-5-3-7-15(9)11(16)8-4-2-6-14-10(8)13/h2,4,6,9H,3,5,7H2,1H3,(H2,13,14). The van der Waals surface area contributed by atoms with Gasteiger partial charge in [0.25, 0.3) is 5.91 Å². The van der Waals surface area contributed by atoms with E-state index < -0.39 is 6.04 Å². The lowest BCUT2D eigenvalue weighted by atomic mass is 10.2. The number of aromatic nitrogens is 1. The average Bonchev–Trinajstić information content (AvgIpc) is 2.86. The van der Waals surface area contributed by atoms with Crippen molar-refractivity contribution in [3.8, 4) is 0 Å². The summed E-state index contributed by atoms with van der Waals surface area (Å²) >= 11 is 0. The van der Waals surface area contributed by atoms with Crippen LogP contribution in [0, 0.1) is 0 Å². The van der Waals surface area contributed by atoms with Crippen LogP contribution in [0.25, 0.3) is 0 Å². The summed E-state index contributed by atoms with van der Waals surface area (Å²) in [6.07, 6.45) is 2.93. The summed E-state index contributed by atoms with van der Waals surface area (Å²) < 4.78 is 4.70. The zero-order valence-corrected chi connectivity index (χ0v) is 10.1. The van der Waals surface area contributed by atoms with E-state index in [9.17, 15) is 9.59 Å². The van der Waals surface area contributed by atoms with E-state index in [0.717, 1.165) is 6.42 Å². The molecule has 0 saturated carbocycles. The number of nitrogens with zero attached hydrogens (tertiary/aromatic N) is 2. The van der Waals surface area contributed by atoms with Crippen LogP contribution >= 0.6 is 0 Å². The molecule has 1 aliphatic rings. The van der Waals surface area contributed by atoms with Crippen molar-refractivity contribution >= 4 is 17.7 Å². The minimum absolute atomic E-state index is 0.179. The molecule has 2 N–H and O–H groups in total. The van der Waals surface area contributed by atoms with Gasteiger partial charge in [0.1, 0.15) is 11.9 Å². The molecule has 96 valence electrons. The number of nitrogens with two attached hydrogens (primary N) is 1. The molecule has 2 rings (SSSR count). The summed E-state index contributed by atoms with van der Waals surface area (Å²) in [4.78, 5) is 29.3. The third-order valence-corrected chi connectivity index (χ3v) is 3.06. The number of ether oxygens (including phenoxy) is 1. The van der Waals surface area contributed by atoms with Crippen LogP contribution < -0.4 is 5.73 Å². The summed E-state index contributed by atoms with van der Waals surface area (Å²) in [6.45, 7) is 0.535. The molecule has 1 fully saturated rings. The van der Waals surface area contributed by atoms with E-state index in [1.54, 1.807) is 12.1 Å². The topological polar surface area (TPSA) is 85.5 Å². The van der Waals surface area contributed by atoms with E-state index >= 15 is 0 Å². The minimum atomic E-state index is -0.512. The van der Waals surface area contributed by atoms with Gasteiger partial charge in [0.05, 0.1) is 12.7 Å². The Labute approximate surface area is 105 Å². The van der Waals surface area contributed by atoms with Crippen molar-refractivity contribution in [2.24, 2.45) is 0 Å². The van der Waals surface area contributed by atoms with Crippen LogP contribution in [-0.2, 0) is 9.53 Å². The van der Waals surface area contributed by atoms with Crippen LogP contribution in [-0.4, -0.2) is 41.5 Å². The fourth-order valence-corrected chi connectivity index (χ4v) is 2.14. The number of amides is 1. The van der Waals surface area contributed by atoms with E-state index in [1.165, 1.54) is 18.2 Å². The second-order valence-corrected chi connectivity index (χ2v) is 4.12. The van der Waals surface area contributed by atoms with E-state index in [0.29, 0.717) is 18.5 Å². The minimum Gasteiger partial charge on any atom is -0.467 e. The molecule has 2 heterocycles. The molecule has 1 saturated heterocycles. The van der Waals surface area contributed by atoms with Gasteiger partial charge in [0.2, 0.25) is 0 Å². The van der Waals surface area contributed by atoms with Crippen LogP contribution in [0.5, 0.6) is 0 Å². The molecule has 1 amide bonds. The molecule has 18 heavy (non-hydrogen) atoms. The maximum atomic E-state index is 12.3. The normalized spacial score (nSPS) is 18.7. The molecule has 6 heteroatoms. The van der Waals surface area contributed by atoms with Gasteiger partial charge >= 0.3 is 5.97 Å². The first-order valence-electron chi connectivity index (χ1n) is 5.74. The highest BCUT2D eigenvalue weighted by Gasteiger charge is 2.35. The Kier molecular flexibility index (Phi) is 3.45. The van der Waals surface area contributed by atoms with E-state index in [1.807, 2.05) is 0 Å².